The predicted octanol–water partition coefficient (Wildman–Crippen LogP) is 1.87. The molecule has 160 valence electrons. The fourth-order valence-corrected chi connectivity index (χ4v) is 3.70. The Kier molecular flexibility index (Phi) is 5.74. The molecule has 9 nitrogen and oxygen atoms in total. The molecule has 2 aliphatic rings. The van der Waals surface area contributed by atoms with Crippen molar-refractivity contribution in [3.63, 3.8) is 0 Å². The van der Waals surface area contributed by atoms with Crippen molar-refractivity contribution >= 4 is 11.8 Å². The van der Waals surface area contributed by atoms with Gasteiger partial charge in [-0.2, -0.15) is 0 Å². The maximum Gasteiger partial charge on any atom is 0.335 e. The molecule has 2 aliphatic heterocycles. The number of piperidine rings is 1. The Morgan fingerprint density at radius 2 is 2.03 bits per heavy atom. The van der Waals surface area contributed by atoms with E-state index >= 15 is 0 Å². The van der Waals surface area contributed by atoms with E-state index in [4.69, 9.17) is 19.2 Å². The van der Waals surface area contributed by atoms with E-state index < -0.39 is 11.6 Å². The Hall–Kier alpha value is -2.91. The Balaban J connectivity index is 1.65. The molecule has 0 spiro atoms. The number of aromatic nitrogens is 2. The van der Waals surface area contributed by atoms with E-state index in [1.165, 1.54) is 0 Å². The molecule has 4 rings (SSSR count). The topological polar surface area (TPSA) is 114 Å². The summed E-state index contributed by atoms with van der Waals surface area (Å²) in [6.07, 6.45) is 3.56. The van der Waals surface area contributed by atoms with Crippen LogP contribution in [0.25, 0.3) is 11.3 Å². The average molecular weight is 415 g/mol. The van der Waals surface area contributed by atoms with Gasteiger partial charge in [0.05, 0.1) is 5.69 Å². The molecule has 3 heterocycles. The van der Waals surface area contributed by atoms with Gasteiger partial charge in [-0.25, -0.2) is 9.78 Å². The maximum atomic E-state index is 11.4. The Labute approximate surface area is 174 Å². The van der Waals surface area contributed by atoms with Crippen LogP contribution in [-0.4, -0.2) is 65.4 Å². The van der Waals surface area contributed by atoms with Gasteiger partial charge in [0.1, 0.15) is 5.69 Å². The Bertz CT molecular complexity index is 927. The summed E-state index contributed by atoms with van der Waals surface area (Å²) in [7, 11) is 1.66. The van der Waals surface area contributed by atoms with Crippen LogP contribution in [0.4, 0.5) is 5.82 Å². The summed E-state index contributed by atoms with van der Waals surface area (Å²) in [5.41, 5.74) is 0.665. The first-order chi connectivity index (χ1) is 14.5. The second-order valence-electron chi connectivity index (χ2n) is 7.52. The lowest BCUT2D eigenvalue weighted by Crippen LogP contribution is -2.49. The standard InChI is InChI=1S/C21H25N3O6/c1-28-10-2-3-15-12-22-18(14-4-5-16-17(11-14)30-13-29-16)19(23-15)24-8-6-21(27,7-9-24)20(25)26/h4-5,11-12,27H,2-3,6-10,13H2,1H3,(H,25,26). The molecule has 9 heteroatoms. The van der Waals surface area contributed by atoms with Crippen LogP contribution in [0.2, 0.25) is 0 Å². The first kappa shape index (κ1) is 20.4. The largest absolute Gasteiger partial charge is 0.479 e. The van der Waals surface area contributed by atoms with Gasteiger partial charge in [-0.1, -0.05) is 0 Å². The fraction of sp³-hybridized carbons (Fsp3) is 0.476. The molecule has 0 amide bonds. The van der Waals surface area contributed by atoms with E-state index in [1.54, 1.807) is 13.3 Å². The molecule has 0 atom stereocenters. The molecule has 1 aromatic heterocycles. The number of aryl methyl sites for hydroxylation is 1. The number of hydrogen-bond donors (Lipinski definition) is 2. The molecule has 0 radical (unpaired) electrons. The number of anilines is 1. The van der Waals surface area contributed by atoms with Crippen molar-refractivity contribution < 1.29 is 29.2 Å². The van der Waals surface area contributed by atoms with Gasteiger partial charge in [-0.15, -0.1) is 0 Å². The highest BCUT2D eigenvalue weighted by molar-refractivity contribution is 5.78. The van der Waals surface area contributed by atoms with Gasteiger partial charge >= 0.3 is 5.97 Å². The zero-order valence-corrected chi connectivity index (χ0v) is 16.8. The number of hydrogen-bond acceptors (Lipinski definition) is 8. The number of carboxylic acid groups (broad SMARTS) is 1. The van der Waals surface area contributed by atoms with Crippen LogP contribution >= 0.6 is 0 Å². The van der Waals surface area contributed by atoms with Crippen molar-refractivity contribution in [2.75, 3.05) is 38.5 Å². The highest BCUT2D eigenvalue weighted by Crippen LogP contribution is 2.38. The number of ether oxygens (including phenoxy) is 3. The minimum Gasteiger partial charge on any atom is -0.479 e. The second kappa shape index (κ2) is 8.45. The zero-order valence-electron chi connectivity index (χ0n) is 16.8. The Morgan fingerprint density at radius 3 is 2.77 bits per heavy atom. The van der Waals surface area contributed by atoms with Crippen LogP contribution in [0.15, 0.2) is 24.4 Å². The molecular weight excluding hydrogens is 390 g/mol. The van der Waals surface area contributed by atoms with Crippen LogP contribution in [0.3, 0.4) is 0 Å². The minimum absolute atomic E-state index is 0.124. The van der Waals surface area contributed by atoms with E-state index in [0.29, 0.717) is 42.7 Å². The van der Waals surface area contributed by atoms with Crippen molar-refractivity contribution in [1.29, 1.82) is 0 Å². The van der Waals surface area contributed by atoms with Crippen LogP contribution in [0.5, 0.6) is 11.5 Å². The van der Waals surface area contributed by atoms with E-state index in [0.717, 1.165) is 24.1 Å². The lowest BCUT2D eigenvalue weighted by molar-refractivity contribution is -0.160. The molecule has 30 heavy (non-hydrogen) atoms. The first-order valence-corrected chi connectivity index (χ1v) is 9.96. The normalized spacial score (nSPS) is 17.2. The SMILES string of the molecule is COCCCc1cnc(-c2ccc3c(c2)OCO3)c(N2CCC(O)(C(=O)O)CC2)n1. The summed E-state index contributed by atoms with van der Waals surface area (Å²) in [5.74, 6) is 0.839. The summed E-state index contributed by atoms with van der Waals surface area (Å²) < 4.78 is 16.0. The highest BCUT2D eigenvalue weighted by Gasteiger charge is 2.40. The van der Waals surface area contributed by atoms with Gasteiger partial charge in [-0.3, -0.25) is 4.98 Å². The van der Waals surface area contributed by atoms with Crippen molar-refractivity contribution in [2.24, 2.45) is 0 Å². The van der Waals surface area contributed by atoms with E-state index in [2.05, 4.69) is 4.98 Å². The third-order valence-corrected chi connectivity index (χ3v) is 5.52. The number of benzene rings is 1. The van der Waals surface area contributed by atoms with Gasteiger partial charge in [0.2, 0.25) is 6.79 Å². The lowest BCUT2D eigenvalue weighted by Gasteiger charge is -2.36. The Morgan fingerprint density at radius 1 is 1.27 bits per heavy atom. The molecule has 2 N–H and O–H groups in total. The van der Waals surface area contributed by atoms with Crippen LogP contribution in [0.1, 0.15) is 25.0 Å². The molecule has 0 unspecified atom stereocenters. The number of aliphatic hydroxyl groups is 1. The van der Waals surface area contributed by atoms with Gasteiger partial charge in [0, 0.05) is 51.4 Å². The summed E-state index contributed by atoms with van der Waals surface area (Å²) in [4.78, 5) is 22.9. The van der Waals surface area contributed by atoms with Crippen molar-refractivity contribution in [3.8, 4) is 22.8 Å². The quantitative estimate of drug-likeness (QED) is 0.654. The van der Waals surface area contributed by atoms with Crippen molar-refractivity contribution in [2.45, 2.75) is 31.3 Å². The molecule has 0 aliphatic carbocycles. The monoisotopic (exact) mass is 415 g/mol. The molecular formula is C21H25N3O6. The molecule has 1 fully saturated rings. The van der Waals surface area contributed by atoms with Crippen LogP contribution < -0.4 is 14.4 Å². The zero-order chi connectivity index (χ0) is 21.1. The average Bonchev–Trinajstić information content (AvgIpc) is 3.22. The maximum absolute atomic E-state index is 11.4. The summed E-state index contributed by atoms with van der Waals surface area (Å²) in [5, 5.41) is 19.6. The van der Waals surface area contributed by atoms with E-state index in [-0.39, 0.29) is 19.6 Å². The summed E-state index contributed by atoms with van der Waals surface area (Å²) in [6, 6.07) is 5.62. The number of aliphatic carboxylic acids is 1. The third-order valence-electron chi connectivity index (χ3n) is 5.52. The van der Waals surface area contributed by atoms with Crippen LogP contribution in [-0.2, 0) is 16.0 Å². The number of carbonyl (C=O) groups is 1. The van der Waals surface area contributed by atoms with E-state index in [1.807, 2.05) is 23.1 Å². The summed E-state index contributed by atoms with van der Waals surface area (Å²) >= 11 is 0. The molecule has 0 bridgehead atoms. The van der Waals surface area contributed by atoms with Crippen LogP contribution in [0, 0.1) is 0 Å². The number of fused-ring (bicyclic) bond motifs is 1. The number of nitrogens with zero attached hydrogens (tertiary/aromatic N) is 3. The fourth-order valence-electron chi connectivity index (χ4n) is 3.70. The summed E-state index contributed by atoms with van der Waals surface area (Å²) in [6.45, 7) is 1.57. The van der Waals surface area contributed by atoms with Gasteiger partial charge in [0.25, 0.3) is 0 Å². The predicted molar refractivity (Wildman–Crippen MR) is 108 cm³/mol. The van der Waals surface area contributed by atoms with Gasteiger partial charge in [0.15, 0.2) is 22.9 Å². The van der Waals surface area contributed by atoms with E-state index in [9.17, 15) is 15.0 Å². The number of carboxylic acids is 1. The third kappa shape index (κ3) is 4.03. The molecule has 2 aromatic rings. The van der Waals surface area contributed by atoms with Crippen molar-refractivity contribution in [1.82, 2.24) is 9.97 Å². The molecule has 0 saturated carbocycles. The van der Waals surface area contributed by atoms with Gasteiger partial charge in [-0.05, 0) is 31.0 Å². The highest BCUT2D eigenvalue weighted by atomic mass is 16.7. The molecule has 1 saturated heterocycles. The second-order valence-corrected chi connectivity index (χ2v) is 7.52. The number of methoxy groups -OCH3 is 1. The lowest BCUT2D eigenvalue weighted by atomic mass is 9.91. The number of rotatable bonds is 7. The minimum atomic E-state index is -1.70. The van der Waals surface area contributed by atoms with Crippen molar-refractivity contribution in [3.05, 3.63) is 30.1 Å². The first-order valence-electron chi connectivity index (χ1n) is 9.96. The molecule has 1 aromatic carbocycles. The smallest absolute Gasteiger partial charge is 0.335 e. The van der Waals surface area contributed by atoms with Gasteiger partial charge < -0.3 is 29.3 Å².